The van der Waals surface area contributed by atoms with Crippen LogP contribution in [0.1, 0.15) is 32.1 Å². The van der Waals surface area contributed by atoms with Gasteiger partial charge in [0, 0.05) is 5.56 Å². The van der Waals surface area contributed by atoms with E-state index in [0.29, 0.717) is 12.0 Å². The highest BCUT2D eigenvalue weighted by molar-refractivity contribution is 6.31. The number of hydrogen-bond donors (Lipinski definition) is 0. The van der Waals surface area contributed by atoms with Crippen molar-refractivity contribution in [1.29, 1.82) is 0 Å². The van der Waals surface area contributed by atoms with Crippen molar-refractivity contribution >= 4 is 17.6 Å². The lowest BCUT2D eigenvalue weighted by Gasteiger charge is -2.08. The lowest BCUT2D eigenvalue weighted by molar-refractivity contribution is -0.145. The van der Waals surface area contributed by atoms with Gasteiger partial charge in [-0.3, -0.25) is 4.79 Å². The molecule has 2 aromatic rings. The summed E-state index contributed by atoms with van der Waals surface area (Å²) in [5, 5.41) is 3.76. The van der Waals surface area contributed by atoms with Gasteiger partial charge in [0.15, 0.2) is 0 Å². The zero-order valence-electron chi connectivity index (χ0n) is 11.6. The standard InChI is InChI=1S/C14H14ClFN2O3/c1-3-9(14(19)20-4-2)13-17-12(18-21-13)8-5-6-11(16)10(15)7-8/h5-7,9H,3-4H2,1-2H3. The van der Waals surface area contributed by atoms with Crippen LogP contribution in [0.5, 0.6) is 0 Å². The van der Waals surface area contributed by atoms with E-state index >= 15 is 0 Å². The number of rotatable bonds is 5. The molecule has 1 unspecified atom stereocenters. The minimum Gasteiger partial charge on any atom is -0.465 e. The Morgan fingerprint density at radius 3 is 2.86 bits per heavy atom. The summed E-state index contributed by atoms with van der Waals surface area (Å²) in [5.74, 6) is -1.13. The minimum atomic E-state index is -0.609. The maximum atomic E-state index is 13.1. The monoisotopic (exact) mass is 312 g/mol. The van der Waals surface area contributed by atoms with Gasteiger partial charge in [-0.25, -0.2) is 4.39 Å². The summed E-state index contributed by atoms with van der Waals surface area (Å²) >= 11 is 5.72. The molecule has 0 aliphatic heterocycles. The SMILES string of the molecule is CCOC(=O)C(CC)c1nc(-c2ccc(F)c(Cl)c2)no1. The maximum absolute atomic E-state index is 13.1. The molecule has 0 N–H and O–H groups in total. The lowest BCUT2D eigenvalue weighted by Crippen LogP contribution is -2.15. The van der Waals surface area contributed by atoms with E-state index in [2.05, 4.69) is 10.1 Å². The van der Waals surface area contributed by atoms with Crippen molar-refractivity contribution in [2.75, 3.05) is 6.61 Å². The molecule has 112 valence electrons. The predicted octanol–water partition coefficient (Wildman–Crippen LogP) is 3.59. The lowest BCUT2D eigenvalue weighted by atomic mass is 10.1. The Balaban J connectivity index is 2.27. The van der Waals surface area contributed by atoms with E-state index in [1.807, 2.05) is 6.92 Å². The van der Waals surface area contributed by atoms with Crippen LogP contribution in [0.3, 0.4) is 0 Å². The molecule has 0 saturated heterocycles. The van der Waals surface area contributed by atoms with Crippen LogP contribution < -0.4 is 0 Å². The molecule has 7 heteroatoms. The van der Waals surface area contributed by atoms with E-state index < -0.39 is 17.7 Å². The molecular weight excluding hydrogens is 299 g/mol. The zero-order valence-corrected chi connectivity index (χ0v) is 12.4. The Hall–Kier alpha value is -1.95. The van der Waals surface area contributed by atoms with Gasteiger partial charge < -0.3 is 9.26 Å². The molecule has 0 bridgehead atoms. The number of carbonyl (C=O) groups is 1. The molecule has 1 aromatic carbocycles. The molecule has 1 heterocycles. The zero-order chi connectivity index (χ0) is 15.4. The van der Waals surface area contributed by atoms with E-state index in [1.165, 1.54) is 18.2 Å². The molecule has 0 radical (unpaired) electrons. The third-order valence-electron chi connectivity index (χ3n) is 2.90. The van der Waals surface area contributed by atoms with E-state index in [4.69, 9.17) is 20.9 Å². The van der Waals surface area contributed by atoms with Gasteiger partial charge in [0.1, 0.15) is 11.7 Å². The summed E-state index contributed by atoms with van der Waals surface area (Å²) in [6.45, 7) is 3.83. The van der Waals surface area contributed by atoms with E-state index in [-0.39, 0.29) is 23.3 Å². The summed E-state index contributed by atoms with van der Waals surface area (Å²) in [7, 11) is 0. The van der Waals surface area contributed by atoms with Crippen LogP contribution in [-0.2, 0) is 9.53 Å². The number of aromatic nitrogens is 2. The quantitative estimate of drug-likeness (QED) is 0.789. The smallest absolute Gasteiger partial charge is 0.318 e. The minimum absolute atomic E-state index is 0.0312. The molecule has 0 amide bonds. The fourth-order valence-electron chi connectivity index (χ4n) is 1.81. The summed E-state index contributed by atoms with van der Waals surface area (Å²) in [6.07, 6.45) is 0.477. The second kappa shape index (κ2) is 6.67. The highest BCUT2D eigenvalue weighted by Crippen LogP contribution is 2.26. The first kappa shape index (κ1) is 15.4. The molecular formula is C14H14ClFN2O3. The van der Waals surface area contributed by atoms with E-state index in [1.54, 1.807) is 6.92 Å². The van der Waals surface area contributed by atoms with E-state index in [9.17, 15) is 9.18 Å². The second-order valence-corrected chi connectivity index (χ2v) is 4.71. The van der Waals surface area contributed by atoms with Crippen molar-refractivity contribution in [2.24, 2.45) is 0 Å². The molecule has 0 aliphatic rings. The van der Waals surface area contributed by atoms with Crippen molar-refractivity contribution in [1.82, 2.24) is 10.1 Å². The Labute approximate surface area is 126 Å². The number of esters is 1. The Morgan fingerprint density at radius 1 is 1.48 bits per heavy atom. The topological polar surface area (TPSA) is 65.2 Å². The molecule has 0 fully saturated rings. The van der Waals surface area contributed by atoms with Gasteiger partial charge in [-0.2, -0.15) is 4.98 Å². The molecule has 5 nitrogen and oxygen atoms in total. The Kier molecular flexibility index (Phi) is 4.90. The Bertz CT molecular complexity index is 645. The number of hydrogen-bond acceptors (Lipinski definition) is 5. The fourth-order valence-corrected chi connectivity index (χ4v) is 1.99. The fraction of sp³-hybridized carbons (Fsp3) is 0.357. The van der Waals surface area contributed by atoms with Crippen LogP contribution >= 0.6 is 11.6 Å². The van der Waals surface area contributed by atoms with Crippen LogP contribution in [0, 0.1) is 5.82 Å². The van der Waals surface area contributed by atoms with E-state index in [0.717, 1.165) is 0 Å². The largest absolute Gasteiger partial charge is 0.465 e. The first-order valence-corrected chi connectivity index (χ1v) is 6.90. The van der Waals surface area contributed by atoms with Crippen LogP contribution in [0.4, 0.5) is 4.39 Å². The first-order chi connectivity index (χ1) is 10.1. The molecule has 0 saturated carbocycles. The molecule has 0 aliphatic carbocycles. The van der Waals surface area contributed by atoms with Crippen LogP contribution in [0.25, 0.3) is 11.4 Å². The number of ether oxygens (including phenoxy) is 1. The Morgan fingerprint density at radius 2 is 2.24 bits per heavy atom. The summed E-state index contributed by atoms with van der Waals surface area (Å²) < 4.78 is 23.2. The predicted molar refractivity (Wildman–Crippen MR) is 74.4 cm³/mol. The third-order valence-corrected chi connectivity index (χ3v) is 3.19. The van der Waals surface area contributed by atoms with Crippen molar-refractivity contribution in [3.63, 3.8) is 0 Å². The average molecular weight is 313 g/mol. The van der Waals surface area contributed by atoms with Gasteiger partial charge in [-0.15, -0.1) is 0 Å². The number of benzene rings is 1. The molecule has 1 aromatic heterocycles. The van der Waals surface area contributed by atoms with Crippen LogP contribution in [-0.4, -0.2) is 22.7 Å². The highest BCUT2D eigenvalue weighted by Gasteiger charge is 2.26. The summed E-state index contributed by atoms with van der Waals surface area (Å²) in [6, 6.07) is 4.11. The van der Waals surface area contributed by atoms with Crippen LogP contribution in [0.2, 0.25) is 5.02 Å². The molecule has 2 rings (SSSR count). The first-order valence-electron chi connectivity index (χ1n) is 6.52. The second-order valence-electron chi connectivity index (χ2n) is 4.30. The number of nitrogens with zero attached hydrogens (tertiary/aromatic N) is 2. The van der Waals surface area contributed by atoms with Gasteiger partial charge in [0.05, 0.1) is 11.6 Å². The van der Waals surface area contributed by atoms with Gasteiger partial charge >= 0.3 is 5.97 Å². The van der Waals surface area contributed by atoms with Crippen molar-refractivity contribution in [2.45, 2.75) is 26.2 Å². The normalized spacial score (nSPS) is 12.2. The van der Waals surface area contributed by atoms with Gasteiger partial charge in [-0.1, -0.05) is 23.7 Å². The van der Waals surface area contributed by atoms with Gasteiger partial charge in [0.25, 0.3) is 0 Å². The molecule has 21 heavy (non-hydrogen) atoms. The summed E-state index contributed by atoms with van der Waals surface area (Å²) in [4.78, 5) is 16.0. The number of carbonyl (C=O) groups excluding carboxylic acids is 1. The molecule has 0 spiro atoms. The van der Waals surface area contributed by atoms with Crippen molar-refractivity contribution in [3.8, 4) is 11.4 Å². The van der Waals surface area contributed by atoms with Gasteiger partial charge in [0.2, 0.25) is 11.7 Å². The van der Waals surface area contributed by atoms with Gasteiger partial charge in [-0.05, 0) is 31.5 Å². The van der Waals surface area contributed by atoms with Crippen LogP contribution in [0.15, 0.2) is 22.7 Å². The average Bonchev–Trinajstić information content (AvgIpc) is 2.92. The third kappa shape index (κ3) is 3.39. The summed E-state index contributed by atoms with van der Waals surface area (Å²) in [5.41, 5.74) is 0.509. The maximum Gasteiger partial charge on any atom is 0.318 e. The van der Waals surface area contributed by atoms with Crippen molar-refractivity contribution < 1.29 is 18.4 Å². The van der Waals surface area contributed by atoms with Crippen molar-refractivity contribution in [3.05, 3.63) is 34.9 Å². The molecule has 1 atom stereocenters. The number of halogens is 2. The highest BCUT2D eigenvalue weighted by atomic mass is 35.5.